The molecule has 0 spiro atoms. The van der Waals surface area contributed by atoms with Gasteiger partial charge in [0.2, 0.25) is 10.4 Å². The van der Waals surface area contributed by atoms with Gasteiger partial charge in [0.15, 0.2) is 10.3 Å². The number of hydrogen-bond donors (Lipinski definition) is 2. The minimum atomic E-state index is -4.86. The Kier molecular flexibility index (Phi) is 5.02. The summed E-state index contributed by atoms with van der Waals surface area (Å²) in [5.74, 6) is 0. The van der Waals surface area contributed by atoms with Gasteiger partial charge < -0.3 is 18.9 Å². The molecule has 12 heteroatoms. The monoisotopic (exact) mass is 305 g/mol. The topological polar surface area (TPSA) is 165 Å². The van der Waals surface area contributed by atoms with Crippen LogP contribution in [-0.4, -0.2) is 62.5 Å². The third-order valence-electron chi connectivity index (χ3n) is 2.17. The predicted octanol–water partition coefficient (Wildman–Crippen LogP) is -2.97. The molecule has 108 valence electrons. The number of hydrogen-bond acceptors (Lipinski definition) is 9. The van der Waals surface area contributed by atoms with Crippen LogP contribution in [0.5, 0.6) is 0 Å². The zero-order chi connectivity index (χ0) is 14.0. The average molecular weight is 305 g/mol. The van der Waals surface area contributed by atoms with Gasteiger partial charge in [0.1, 0.15) is 0 Å². The minimum absolute atomic E-state index is 0.178. The van der Waals surface area contributed by atoms with Crippen LogP contribution in [0, 0.1) is 0 Å². The molecule has 1 aliphatic rings. The lowest BCUT2D eigenvalue weighted by molar-refractivity contribution is -0.0759. The highest BCUT2D eigenvalue weighted by atomic mass is 32.3. The molecule has 0 amide bonds. The summed E-state index contributed by atoms with van der Waals surface area (Å²) in [4.78, 5) is 0. The fourth-order valence-corrected chi connectivity index (χ4v) is 2.34. The van der Waals surface area contributed by atoms with E-state index in [0.29, 0.717) is 0 Å². The van der Waals surface area contributed by atoms with Crippen LogP contribution in [0.25, 0.3) is 0 Å². The van der Waals surface area contributed by atoms with E-state index in [0.717, 1.165) is 0 Å². The Morgan fingerprint density at radius 2 is 1.94 bits per heavy atom. The van der Waals surface area contributed by atoms with Gasteiger partial charge in [-0.15, -0.1) is 0 Å². The van der Waals surface area contributed by atoms with Gasteiger partial charge in [-0.2, -0.15) is 0 Å². The maximum Gasteiger partial charge on any atom is 0.217 e. The number of aliphatic hydroxyl groups excluding tert-OH is 1. The maximum absolute atomic E-state index is 10.4. The SMILES string of the molecule is O=S(=O)([O-])N[C@@H]1COC(COS(=O)(=O)[O-])C[C@H]1O. The summed E-state index contributed by atoms with van der Waals surface area (Å²) in [5.41, 5.74) is 0. The van der Waals surface area contributed by atoms with Gasteiger partial charge in [-0.1, -0.05) is 0 Å². The van der Waals surface area contributed by atoms with E-state index in [4.69, 9.17) is 4.74 Å². The molecule has 0 aliphatic carbocycles. The van der Waals surface area contributed by atoms with Crippen LogP contribution >= 0.6 is 0 Å². The molecular weight excluding hydrogens is 294 g/mol. The first-order chi connectivity index (χ1) is 8.07. The largest absolute Gasteiger partial charge is 0.735 e. The summed E-state index contributed by atoms with van der Waals surface area (Å²) in [7, 11) is -9.58. The summed E-state index contributed by atoms with van der Waals surface area (Å²) in [6, 6.07) is -1.12. The van der Waals surface area contributed by atoms with Crippen molar-refractivity contribution in [3.8, 4) is 0 Å². The molecule has 3 atom stereocenters. The average Bonchev–Trinajstić information content (AvgIpc) is 2.15. The standard InChI is InChI=1S/C6H13NO9S2/c8-6-1-4(2-16-18(12,13)14)15-3-5(6)7-17(9,10)11/h4-8H,1-3H2,(H,9,10,11)(H,12,13,14)/p-2/t4?,5-,6-/m1/s1. The van der Waals surface area contributed by atoms with Crippen molar-refractivity contribution in [3.05, 3.63) is 0 Å². The zero-order valence-corrected chi connectivity index (χ0v) is 10.5. The molecule has 0 radical (unpaired) electrons. The second kappa shape index (κ2) is 5.75. The van der Waals surface area contributed by atoms with Crippen LogP contribution in [0.15, 0.2) is 0 Å². The fraction of sp³-hybridized carbons (Fsp3) is 1.00. The van der Waals surface area contributed by atoms with Crippen molar-refractivity contribution in [2.75, 3.05) is 13.2 Å². The first kappa shape index (κ1) is 15.7. The summed E-state index contributed by atoms with van der Waals surface area (Å²) < 4.78 is 72.3. The number of ether oxygens (including phenoxy) is 1. The molecule has 2 N–H and O–H groups in total. The second-order valence-corrected chi connectivity index (χ2v) is 5.83. The molecule has 18 heavy (non-hydrogen) atoms. The molecule has 0 bridgehead atoms. The number of nitrogens with one attached hydrogen (secondary N) is 1. The van der Waals surface area contributed by atoms with E-state index in [1.165, 1.54) is 0 Å². The Morgan fingerprint density at radius 3 is 2.39 bits per heavy atom. The van der Waals surface area contributed by atoms with Crippen LogP contribution in [-0.2, 0) is 29.6 Å². The van der Waals surface area contributed by atoms with E-state index in [9.17, 15) is 31.0 Å². The van der Waals surface area contributed by atoms with Crippen molar-refractivity contribution in [1.82, 2.24) is 4.72 Å². The van der Waals surface area contributed by atoms with E-state index >= 15 is 0 Å². The third-order valence-corrected chi connectivity index (χ3v) is 3.19. The van der Waals surface area contributed by atoms with Crippen molar-refractivity contribution in [2.24, 2.45) is 0 Å². The lowest BCUT2D eigenvalue weighted by Crippen LogP contribution is -2.52. The van der Waals surface area contributed by atoms with E-state index in [-0.39, 0.29) is 13.0 Å². The molecule has 1 rings (SSSR count). The minimum Gasteiger partial charge on any atom is -0.735 e. The predicted molar refractivity (Wildman–Crippen MR) is 52.6 cm³/mol. The Morgan fingerprint density at radius 1 is 1.33 bits per heavy atom. The fourth-order valence-electron chi connectivity index (χ4n) is 1.43. The quantitative estimate of drug-likeness (QED) is 0.398. The van der Waals surface area contributed by atoms with E-state index in [1.54, 1.807) is 4.72 Å². The van der Waals surface area contributed by atoms with Crippen molar-refractivity contribution in [1.29, 1.82) is 0 Å². The summed E-state index contributed by atoms with van der Waals surface area (Å²) in [5, 5.41) is 9.50. The highest BCUT2D eigenvalue weighted by Crippen LogP contribution is 2.15. The number of rotatable bonds is 5. The first-order valence-corrected chi connectivity index (χ1v) is 7.44. The Labute approximate surface area is 104 Å². The molecule has 1 aliphatic heterocycles. The van der Waals surface area contributed by atoms with Gasteiger partial charge in [0.25, 0.3) is 0 Å². The van der Waals surface area contributed by atoms with Crippen LogP contribution in [0.2, 0.25) is 0 Å². The lowest BCUT2D eigenvalue weighted by Gasteiger charge is -2.34. The van der Waals surface area contributed by atoms with Gasteiger partial charge in [0, 0.05) is 6.42 Å². The van der Waals surface area contributed by atoms with Crippen LogP contribution in [0.4, 0.5) is 0 Å². The van der Waals surface area contributed by atoms with Crippen molar-refractivity contribution in [2.45, 2.75) is 24.7 Å². The van der Waals surface area contributed by atoms with E-state index in [1.807, 2.05) is 0 Å². The molecule has 0 aromatic heterocycles. The van der Waals surface area contributed by atoms with Crippen LogP contribution < -0.4 is 4.72 Å². The van der Waals surface area contributed by atoms with Gasteiger partial charge >= 0.3 is 0 Å². The molecule has 1 heterocycles. The van der Waals surface area contributed by atoms with Gasteiger partial charge in [0.05, 0.1) is 31.5 Å². The molecule has 1 saturated heterocycles. The molecule has 0 aromatic rings. The smallest absolute Gasteiger partial charge is 0.217 e. The van der Waals surface area contributed by atoms with Crippen molar-refractivity contribution in [3.63, 3.8) is 0 Å². The molecule has 10 nitrogen and oxygen atoms in total. The van der Waals surface area contributed by atoms with Crippen LogP contribution in [0.1, 0.15) is 6.42 Å². The molecule has 1 fully saturated rings. The second-order valence-electron chi connectivity index (χ2n) is 3.63. The highest BCUT2D eigenvalue weighted by Gasteiger charge is 2.31. The molecule has 0 saturated carbocycles. The Hall–Kier alpha value is -0.340. The van der Waals surface area contributed by atoms with Gasteiger partial charge in [-0.25, -0.2) is 21.6 Å². The molecular formula is C6H11NO9S2-2. The Bertz CT molecular complexity index is 471. The van der Waals surface area contributed by atoms with Crippen molar-refractivity contribution >= 4 is 20.7 Å². The zero-order valence-electron chi connectivity index (χ0n) is 8.88. The van der Waals surface area contributed by atoms with Gasteiger partial charge in [-0.3, -0.25) is 4.18 Å². The van der Waals surface area contributed by atoms with E-state index in [2.05, 4.69) is 4.18 Å². The van der Waals surface area contributed by atoms with Gasteiger partial charge in [-0.05, 0) is 0 Å². The number of aliphatic hydroxyl groups is 1. The summed E-state index contributed by atoms with van der Waals surface area (Å²) in [6.45, 7) is -0.921. The first-order valence-electron chi connectivity index (χ1n) is 4.70. The van der Waals surface area contributed by atoms with E-state index < -0.39 is 45.6 Å². The van der Waals surface area contributed by atoms with Crippen molar-refractivity contribution < 1.29 is 40.0 Å². The Balaban J connectivity index is 2.46. The third kappa shape index (κ3) is 6.01. The molecule has 1 unspecified atom stereocenters. The highest BCUT2D eigenvalue weighted by molar-refractivity contribution is 7.83. The van der Waals surface area contributed by atoms with Crippen LogP contribution in [0.3, 0.4) is 0 Å². The molecule has 0 aromatic carbocycles. The lowest BCUT2D eigenvalue weighted by atomic mass is 10.0. The summed E-state index contributed by atoms with van der Waals surface area (Å²) in [6.07, 6.45) is -2.30. The maximum atomic E-state index is 10.4. The normalized spacial score (nSPS) is 30.3. The summed E-state index contributed by atoms with van der Waals surface area (Å²) >= 11 is 0.